The van der Waals surface area contributed by atoms with Gasteiger partial charge < -0.3 is 19.5 Å². The van der Waals surface area contributed by atoms with Gasteiger partial charge in [0.25, 0.3) is 5.91 Å². The molecule has 8 heteroatoms. The van der Waals surface area contributed by atoms with Crippen LogP contribution in [0.15, 0.2) is 54.7 Å². The average molecular weight is 415 g/mol. The molecule has 1 aliphatic heterocycles. The maximum atomic E-state index is 12.9. The monoisotopic (exact) mass is 414 g/mol. The fourth-order valence-electron chi connectivity index (χ4n) is 2.73. The summed E-state index contributed by atoms with van der Waals surface area (Å²) >= 11 is 6.17. The maximum Gasteiger partial charge on any atom is 0.251 e. The van der Waals surface area contributed by atoms with E-state index in [4.69, 9.17) is 25.8 Å². The lowest BCUT2D eigenvalue weighted by molar-refractivity contribution is 0.0949. The van der Waals surface area contributed by atoms with Gasteiger partial charge in [-0.15, -0.1) is 0 Å². The molecule has 0 fully saturated rings. The number of aromatic nitrogens is 1. The van der Waals surface area contributed by atoms with E-state index in [9.17, 15) is 9.18 Å². The molecule has 0 spiro atoms. The van der Waals surface area contributed by atoms with Crippen LogP contribution in [0.2, 0.25) is 5.02 Å². The normalized spacial score (nSPS) is 12.3. The third-order valence-corrected chi connectivity index (χ3v) is 4.43. The molecule has 148 valence electrons. The van der Waals surface area contributed by atoms with Crippen molar-refractivity contribution in [1.82, 2.24) is 10.3 Å². The van der Waals surface area contributed by atoms with Crippen molar-refractivity contribution in [3.05, 3.63) is 76.7 Å². The highest BCUT2D eigenvalue weighted by molar-refractivity contribution is 6.32. The van der Waals surface area contributed by atoms with Gasteiger partial charge in [0.05, 0.1) is 5.02 Å². The van der Waals surface area contributed by atoms with Crippen molar-refractivity contribution in [2.24, 2.45) is 0 Å². The molecule has 0 bridgehead atoms. The van der Waals surface area contributed by atoms with E-state index in [2.05, 4.69) is 10.3 Å². The van der Waals surface area contributed by atoms with Crippen LogP contribution in [-0.2, 0) is 6.54 Å². The summed E-state index contributed by atoms with van der Waals surface area (Å²) in [6.07, 6.45) is 1.59. The lowest BCUT2D eigenvalue weighted by Crippen LogP contribution is -2.23. The molecule has 2 heterocycles. The number of carbonyl (C=O) groups is 1. The second-order valence-corrected chi connectivity index (χ2v) is 6.63. The lowest BCUT2D eigenvalue weighted by Gasteiger charge is -2.20. The first-order valence-corrected chi connectivity index (χ1v) is 9.22. The van der Waals surface area contributed by atoms with E-state index in [-0.39, 0.29) is 18.3 Å². The number of hydrogen-bond acceptors (Lipinski definition) is 5. The third-order valence-electron chi connectivity index (χ3n) is 4.15. The van der Waals surface area contributed by atoms with Gasteiger partial charge in [-0.25, -0.2) is 9.37 Å². The Hall–Kier alpha value is -3.32. The van der Waals surface area contributed by atoms with Gasteiger partial charge in [0.15, 0.2) is 11.5 Å². The minimum absolute atomic E-state index is 0.273. The van der Waals surface area contributed by atoms with Crippen molar-refractivity contribution in [1.29, 1.82) is 0 Å². The third kappa shape index (κ3) is 4.57. The predicted molar refractivity (Wildman–Crippen MR) is 104 cm³/mol. The van der Waals surface area contributed by atoms with Crippen molar-refractivity contribution in [2.75, 3.05) is 13.2 Å². The number of ether oxygens (including phenoxy) is 3. The summed E-state index contributed by atoms with van der Waals surface area (Å²) < 4.78 is 29.4. The van der Waals surface area contributed by atoms with Gasteiger partial charge in [-0.1, -0.05) is 17.7 Å². The average Bonchev–Trinajstić information content (AvgIpc) is 2.74. The number of pyridine rings is 1. The number of benzene rings is 2. The van der Waals surface area contributed by atoms with Crippen molar-refractivity contribution in [3.63, 3.8) is 0 Å². The summed E-state index contributed by atoms with van der Waals surface area (Å²) in [5.74, 6) is 1.13. The number of halogens is 2. The Kier molecular flexibility index (Phi) is 5.48. The molecule has 1 aromatic heterocycles. The summed E-state index contributed by atoms with van der Waals surface area (Å²) in [5.41, 5.74) is 1.16. The molecule has 0 unspecified atom stereocenters. The largest absolute Gasteiger partial charge is 0.486 e. The second kappa shape index (κ2) is 8.36. The van der Waals surface area contributed by atoms with Gasteiger partial charge in [0.2, 0.25) is 5.88 Å². The Morgan fingerprint density at radius 3 is 2.69 bits per heavy atom. The Balaban J connectivity index is 1.37. The number of nitrogens with zero attached hydrogens (tertiary/aromatic N) is 1. The van der Waals surface area contributed by atoms with Crippen LogP contribution in [0.3, 0.4) is 0 Å². The maximum absolute atomic E-state index is 12.9. The molecule has 0 saturated heterocycles. The first-order chi connectivity index (χ1) is 14.1. The minimum Gasteiger partial charge on any atom is -0.486 e. The van der Waals surface area contributed by atoms with Crippen molar-refractivity contribution in [2.45, 2.75) is 6.54 Å². The van der Waals surface area contributed by atoms with Crippen LogP contribution in [0, 0.1) is 5.82 Å². The summed E-state index contributed by atoms with van der Waals surface area (Å²) in [7, 11) is 0. The van der Waals surface area contributed by atoms with Gasteiger partial charge >= 0.3 is 0 Å². The fraction of sp³-hybridized carbons (Fsp3) is 0.143. The zero-order valence-corrected chi connectivity index (χ0v) is 15.9. The predicted octanol–water partition coefficient (Wildman–Crippen LogP) is 4.37. The summed E-state index contributed by atoms with van der Waals surface area (Å²) in [6.45, 7) is 1.10. The molecule has 0 saturated carbocycles. The number of fused-ring (bicyclic) bond motifs is 1. The van der Waals surface area contributed by atoms with E-state index in [0.717, 1.165) is 5.56 Å². The zero-order chi connectivity index (χ0) is 20.2. The fourth-order valence-corrected chi connectivity index (χ4v) is 2.99. The molecule has 0 atom stereocenters. The highest BCUT2D eigenvalue weighted by Gasteiger charge is 2.19. The molecule has 0 aliphatic carbocycles. The quantitative estimate of drug-likeness (QED) is 0.671. The van der Waals surface area contributed by atoms with E-state index >= 15 is 0 Å². The van der Waals surface area contributed by atoms with Crippen molar-refractivity contribution in [3.8, 4) is 23.1 Å². The van der Waals surface area contributed by atoms with Gasteiger partial charge in [-0.3, -0.25) is 4.79 Å². The molecule has 1 amide bonds. The van der Waals surface area contributed by atoms with Crippen LogP contribution in [0.5, 0.6) is 23.1 Å². The first-order valence-electron chi connectivity index (χ1n) is 8.84. The van der Waals surface area contributed by atoms with Crippen LogP contribution in [0.1, 0.15) is 15.9 Å². The molecule has 4 rings (SSSR count). The number of carbonyl (C=O) groups excluding carboxylic acids is 1. The molecule has 3 aromatic rings. The van der Waals surface area contributed by atoms with E-state index in [0.29, 0.717) is 46.9 Å². The highest BCUT2D eigenvalue weighted by atomic mass is 35.5. The molecular formula is C21H16ClFN2O4. The van der Waals surface area contributed by atoms with Crippen LogP contribution >= 0.6 is 11.6 Å². The van der Waals surface area contributed by atoms with Gasteiger partial charge in [-0.05, 0) is 42.0 Å². The van der Waals surface area contributed by atoms with Crippen LogP contribution in [-0.4, -0.2) is 24.1 Å². The topological polar surface area (TPSA) is 69.7 Å². The summed E-state index contributed by atoms with van der Waals surface area (Å²) in [6, 6.07) is 12.3. The first kappa shape index (κ1) is 19.0. The Morgan fingerprint density at radius 2 is 1.93 bits per heavy atom. The van der Waals surface area contributed by atoms with E-state index in [1.165, 1.54) is 24.3 Å². The van der Waals surface area contributed by atoms with E-state index in [1.807, 2.05) is 0 Å². The second-order valence-electron chi connectivity index (χ2n) is 6.23. The zero-order valence-electron chi connectivity index (χ0n) is 15.2. The van der Waals surface area contributed by atoms with Gasteiger partial charge in [0.1, 0.15) is 24.8 Å². The smallest absolute Gasteiger partial charge is 0.251 e. The van der Waals surface area contributed by atoms with E-state index < -0.39 is 0 Å². The molecule has 1 aliphatic rings. The number of nitrogens with one attached hydrogen (secondary N) is 1. The Bertz CT molecular complexity index is 1030. The number of rotatable bonds is 5. The van der Waals surface area contributed by atoms with Crippen LogP contribution in [0.4, 0.5) is 4.39 Å². The molecule has 1 N–H and O–H groups in total. The lowest BCUT2D eigenvalue weighted by atomic mass is 10.1. The Morgan fingerprint density at radius 1 is 1.14 bits per heavy atom. The standard InChI is InChI=1S/C21H16ClFN2O4/c22-17-9-14(10-18-20(17)28-8-7-27-18)21(26)25-12-13-1-6-19(24-11-13)29-16-4-2-15(23)3-5-16/h1-6,9-11H,7-8,12H2,(H,25,26). The summed E-state index contributed by atoms with van der Waals surface area (Å²) in [4.78, 5) is 16.6. The molecule has 0 radical (unpaired) electrons. The van der Waals surface area contributed by atoms with Crippen molar-refractivity contribution >= 4 is 17.5 Å². The van der Waals surface area contributed by atoms with Crippen LogP contribution in [0.25, 0.3) is 0 Å². The minimum atomic E-state index is -0.337. The molecular weight excluding hydrogens is 399 g/mol. The van der Waals surface area contributed by atoms with Gasteiger partial charge in [0, 0.05) is 24.4 Å². The highest BCUT2D eigenvalue weighted by Crippen LogP contribution is 2.38. The van der Waals surface area contributed by atoms with E-state index in [1.54, 1.807) is 30.5 Å². The number of amides is 1. The molecule has 29 heavy (non-hydrogen) atoms. The van der Waals surface area contributed by atoms with Crippen molar-refractivity contribution < 1.29 is 23.4 Å². The van der Waals surface area contributed by atoms with Crippen LogP contribution < -0.4 is 19.5 Å². The molecule has 6 nitrogen and oxygen atoms in total. The Labute approximate surface area is 171 Å². The summed E-state index contributed by atoms with van der Waals surface area (Å²) in [5, 5.41) is 3.14. The number of hydrogen-bond donors (Lipinski definition) is 1. The molecule has 2 aromatic carbocycles. The SMILES string of the molecule is O=C(NCc1ccc(Oc2ccc(F)cc2)nc1)c1cc(Cl)c2c(c1)OCCO2. The van der Waals surface area contributed by atoms with Gasteiger partial charge in [-0.2, -0.15) is 0 Å².